The molecule has 3 aliphatic heterocycles. The minimum atomic E-state index is -0.600. The number of aryl methyl sites for hydroxylation is 1. The molecule has 1 saturated heterocycles. The van der Waals surface area contributed by atoms with Gasteiger partial charge in [0.1, 0.15) is 6.04 Å². The first-order valence-electron chi connectivity index (χ1n) is 10.3. The van der Waals surface area contributed by atoms with Crippen LogP contribution in [0.2, 0.25) is 0 Å². The van der Waals surface area contributed by atoms with E-state index in [-0.39, 0.29) is 24.1 Å². The number of fused-ring (bicyclic) bond motifs is 2. The number of rotatable bonds is 4. The van der Waals surface area contributed by atoms with E-state index in [1.165, 1.54) is 11.3 Å². The predicted molar refractivity (Wildman–Crippen MR) is 108 cm³/mol. The van der Waals surface area contributed by atoms with E-state index in [1.807, 2.05) is 29.9 Å². The Morgan fingerprint density at radius 2 is 2.10 bits per heavy atom. The molecule has 0 spiro atoms. The summed E-state index contributed by atoms with van der Waals surface area (Å²) in [7, 11) is 1.96. The van der Waals surface area contributed by atoms with Crippen LogP contribution < -0.4 is 16.0 Å². The number of nitrogens with one attached hydrogen (secondary N) is 3. The largest absolute Gasteiger partial charge is 0.364 e. The maximum Gasteiger partial charge on any atom is 0.255 e. The summed E-state index contributed by atoms with van der Waals surface area (Å²) in [4.78, 5) is 38.5. The van der Waals surface area contributed by atoms with Gasteiger partial charge in [-0.2, -0.15) is 5.10 Å². The zero-order valence-electron chi connectivity index (χ0n) is 16.8. The van der Waals surface area contributed by atoms with E-state index in [9.17, 15) is 14.4 Å². The van der Waals surface area contributed by atoms with Crippen LogP contribution >= 0.6 is 0 Å². The first-order chi connectivity index (χ1) is 14.5. The molecular weight excluding hydrogens is 384 g/mol. The molecule has 4 heterocycles. The number of carbonyl (C=O) groups is 3. The van der Waals surface area contributed by atoms with Gasteiger partial charge in [0.25, 0.3) is 5.91 Å². The van der Waals surface area contributed by atoms with Crippen LogP contribution in [0.1, 0.15) is 45.6 Å². The number of imide groups is 1. The molecule has 0 radical (unpaired) electrons. The van der Waals surface area contributed by atoms with Crippen LogP contribution in [0, 0.1) is 0 Å². The smallest absolute Gasteiger partial charge is 0.255 e. The summed E-state index contributed by atoms with van der Waals surface area (Å²) >= 11 is 0. The maximum atomic E-state index is 13.2. The second-order valence-electron chi connectivity index (χ2n) is 8.03. The third kappa shape index (κ3) is 3.06. The Kier molecular flexibility index (Phi) is 4.54. The van der Waals surface area contributed by atoms with Crippen LogP contribution in [0.4, 0.5) is 5.82 Å². The van der Waals surface area contributed by atoms with Gasteiger partial charge in [-0.05, 0) is 17.5 Å². The summed E-state index contributed by atoms with van der Waals surface area (Å²) in [5, 5.41) is 13.7. The minimum Gasteiger partial charge on any atom is -0.364 e. The number of anilines is 1. The summed E-state index contributed by atoms with van der Waals surface area (Å²) in [6.45, 7) is 2.59. The van der Waals surface area contributed by atoms with Crippen molar-refractivity contribution in [1.82, 2.24) is 25.3 Å². The Morgan fingerprint density at radius 1 is 1.23 bits per heavy atom. The van der Waals surface area contributed by atoms with Crippen molar-refractivity contribution in [2.24, 2.45) is 7.05 Å². The number of piperidine rings is 1. The van der Waals surface area contributed by atoms with Gasteiger partial charge in [-0.3, -0.25) is 24.4 Å². The van der Waals surface area contributed by atoms with Crippen molar-refractivity contribution in [2.45, 2.75) is 44.9 Å². The lowest BCUT2D eigenvalue weighted by Crippen LogP contribution is -2.52. The zero-order chi connectivity index (χ0) is 20.8. The van der Waals surface area contributed by atoms with Gasteiger partial charge in [-0.15, -0.1) is 0 Å². The number of amides is 3. The molecule has 5 rings (SSSR count). The normalized spacial score (nSPS) is 20.8. The van der Waals surface area contributed by atoms with E-state index in [0.29, 0.717) is 25.1 Å². The molecule has 9 nitrogen and oxygen atoms in total. The highest BCUT2D eigenvalue weighted by Gasteiger charge is 2.39. The molecule has 1 fully saturated rings. The Labute approximate surface area is 173 Å². The number of nitrogens with zero attached hydrogens (tertiary/aromatic N) is 3. The topological polar surface area (TPSA) is 108 Å². The lowest BCUT2D eigenvalue weighted by molar-refractivity contribution is -0.136. The van der Waals surface area contributed by atoms with Crippen LogP contribution in [0.5, 0.6) is 0 Å². The second kappa shape index (κ2) is 7.24. The van der Waals surface area contributed by atoms with Gasteiger partial charge in [0, 0.05) is 62.9 Å². The molecule has 2 aromatic rings. The Morgan fingerprint density at radius 3 is 2.93 bits per heavy atom. The molecule has 1 atom stereocenters. The van der Waals surface area contributed by atoms with Crippen molar-refractivity contribution < 1.29 is 14.4 Å². The number of hydrogen-bond acceptors (Lipinski definition) is 6. The quantitative estimate of drug-likeness (QED) is 0.634. The second-order valence-corrected chi connectivity index (χ2v) is 8.03. The highest BCUT2D eigenvalue weighted by molar-refractivity contribution is 6.06. The van der Waals surface area contributed by atoms with Gasteiger partial charge >= 0.3 is 0 Å². The molecule has 3 amide bonds. The first-order valence-corrected chi connectivity index (χ1v) is 10.3. The fraction of sp³-hybridized carbons (Fsp3) is 0.429. The van der Waals surface area contributed by atoms with Gasteiger partial charge in [-0.1, -0.05) is 18.2 Å². The van der Waals surface area contributed by atoms with E-state index in [0.717, 1.165) is 36.5 Å². The maximum absolute atomic E-state index is 13.2. The van der Waals surface area contributed by atoms with E-state index >= 15 is 0 Å². The number of benzene rings is 1. The lowest BCUT2D eigenvalue weighted by Gasteiger charge is -2.29. The molecule has 0 bridgehead atoms. The summed E-state index contributed by atoms with van der Waals surface area (Å²) in [6, 6.07) is 5.20. The molecule has 9 heteroatoms. The molecule has 0 aliphatic carbocycles. The molecule has 1 aromatic heterocycles. The molecule has 1 aromatic carbocycles. The molecule has 156 valence electrons. The molecule has 0 saturated carbocycles. The summed E-state index contributed by atoms with van der Waals surface area (Å²) in [5.74, 6) is 0.0181. The molecule has 3 aliphatic rings. The monoisotopic (exact) mass is 408 g/mol. The summed E-state index contributed by atoms with van der Waals surface area (Å²) < 4.78 is 1.92. The SMILES string of the molecule is Cn1nc(NCc2cccc3c2C(=O)N(C2CCC(=O)NC2=O)C3)c2c1CCNC2. The standard InChI is InChI=1S/C21H24N6O3/c1-26-15-7-8-22-10-14(15)19(25-26)23-9-12-3-2-4-13-11-27(21(30)18(12)13)16-5-6-17(28)24-20(16)29/h2-4,16,22H,5-11H2,1H3,(H,23,25)(H,24,28,29). The van der Waals surface area contributed by atoms with Crippen molar-refractivity contribution in [3.63, 3.8) is 0 Å². The third-order valence-corrected chi connectivity index (χ3v) is 6.20. The van der Waals surface area contributed by atoms with Gasteiger partial charge in [0.2, 0.25) is 11.8 Å². The summed E-state index contributed by atoms with van der Waals surface area (Å²) in [6.07, 6.45) is 1.56. The van der Waals surface area contributed by atoms with Crippen LogP contribution in [0.3, 0.4) is 0 Å². The molecule has 30 heavy (non-hydrogen) atoms. The fourth-order valence-corrected chi connectivity index (χ4v) is 4.68. The number of aromatic nitrogens is 2. The average molecular weight is 408 g/mol. The van der Waals surface area contributed by atoms with E-state index in [4.69, 9.17) is 0 Å². The highest BCUT2D eigenvalue weighted by atomic mass is 16.2. The van der Waals surface area contributed by atoms with Crippen LogP contribution in [0.15, 0.2) is 18.2 Å². The van der Waals surface area contributed by atoms with E-state index in [2.05, 4.69) is 21.0 Å². The van der Waals surface area contributed by atoms with Crippen LogP contribution in [0.25, 0.3) is 0 Å². The Hall–Kier alpha value is -3.20. The molecule has 1 unspecified atom stereocenters. The van der Waals surface area contributed by atoms with Crippen molar-refractivity contribution in [2.75, 3.05) is 11.9 Å². The highest BCUT2D eigenvalue weighted by Crippen LogP contribution is 2.30. The van der Waals surface area contributed by atoms with Crippen molar-refractivity contribution in [3.05, 3.63) is 46.1 Å². The predicted octanol–water partition coefficient (Wildman–Crippen LogP) is 0.439. The van der Waals surface area contributed by atoms with Crippen molar-refractivity contribution in [3.8, 4) is 0 Å². The third-order valence-electron chi connectivity index (χ3n) is 6.20. The van der Waals surface area contributed by atoms with Crippen molar-refractivity contribution >= 4 is 23.5 Å². The summed E-state index contributed by atoms with van der Waals surface area (Å²) in [5.41, 5.74) is 4.85. The van der Waals surface area contributed by atoms with E-state index in [1.54, 1.807) is 4.90 Å². The van der Waals surface area contributed by atoms with Crippen molar-refractivity contribution in [1.29, 1.82) is 0 Å². The Bertz CT molecular complexity index is 1060. The zero-order valence-corrected chi connectivity index (χ0v) is 16.8. The molecular formula is C21H24N6O3. The van der Waals surface area contributed by atoms with Gasteiger partial charge < -0.3 is 15.5 Å². The molecule has 3 N–H and O–H groups in total. The van der Waals surface area contributed by atoms with Gasteiger partial charge in [-0.25, -0.2) is 0 Å². The average Bonchev–Trinajstić information content (AvgIpc) is 3.24. The lowest BCUT2D eigenvalue weighted by atomic mass is 10.0. The van der Waals surface area contributed by atoms with Crippen LogP contribution in [-0.2, 0) is 42.7 Å². The fourth-order valence-electron chi connectivity index (χ4n) is 4.68. The Balaban J connectivity index is 1.37. The number of hydrogen-bond donors (Lipinski definition) is 3. The van der Waals surface area contributed by atoms with E-state index < -0.39 is 6.04 Å². The van der Waals surface area contributed by atoms with Crippen LogP contribution in [-0.4, -0.2) is 45.0 Å². The number of carbonyl (C=O) groups excluding carboxylic acids is 3. The van der Waals surface area contributed by atoms with Gasteiger partial charge in [0.05, 0.1) is 0 Å². The minimum absolute atomic E-state index is 0.151. The first kappa shape index (κ1) is 18.8. The van der Waals surface area contributed by atoms with Gasteiger partial charge in [0.15, 0.2) is 5.82 Å².